The van der Waals surface area contributed by atoms with Gasteiger partial charge in [-0.3, -0.25) is 4.79 Å². The third-order valence-electron chi connectivity index (χ3n) is 4.66. The van der Waals surface area contributed by atoms with Crippen LogP contribution < -0.4 is 5.32 Å². The molecule has 2 saturated heterocycles. The first-order valence-corrected chi connectivity index (χ1v) is 7.83. The first-order valence-electron chi connectivity index (χ1n) is 7.83. The molecule has 5 heteroatoms. The summed E-state index contributed by atoms with van der Waals surface area (Å²) in [6, 6.07) is 0.154. The van der Waals surface area contributed by atoms with Crippen molar-refractivity contribution >= 4 is 5.91 Å². The summed E-state index contributed by atoms with van der Waals surface area (Å²) >= 11 is 0. The van der Waals surface area contributed by atoms with Gasteiger partial charge in [-0.05, 0) is 39.9 Å². The van der Waals surface area contributed by atoms with E-state index in [0.29, 0.717) is 13.0 Å². The summed E-state index contributed by atoms with van der Waals surface area (Å²) in [7, 11) is 4.04. The van der Waals surface area contributed by atoms with E-state index in [1.807, 2.05) is 19.0 Å². The van der Waals surface area contributed by atoms with Gasteiger partial charge in [-0.15, -0.1) is 0 Å². The molecule has 2 N–H and O–H groups in total. The van der Waals surface area contributed by atoms with Crippen molar-refractivity contribution in [2.24, 2.45) is 5.41 Å². The Morgan fingerprint density at radius 1 is 1.50 bits per heavy atom. The van der Waals surface area contributed by atoms with Crippen molar-refractivity contribution in [1.82, 2.24) is 15.1 Å². The maximum absolute atomic E-state index is 13.1. The topological polar surface area (TPSA) is 55.8 Å². The van der Waals surface area contributed by atoms with Gasteiger partial charge in [0.2, 0.25) is 5.91 Å². The van der Waals surface area contributed by atoms with E-state index in [2.05, 4.69) is 17.1 Å². The fourth-order valence-electron chi connectivity index (χ4n) is 3.77. The number of hydrogen-bond acceptors (Lipinski definition) is 4. The van der Waals surface area contributed by atoms with Gasteiger partial charge < -0.3 is 20.2 Å². The monoisotopic (exact) mass is 283 g/mol. The number of rotatable bonds is 5. The predicted molar refractivity (Wildman–Crippen MR) is 79.5 cm³/mol. The molecule has 0 spiro atoms. The molecule has 2 heterocycles. The Hall–Kier alpha value is -0.650. The van der Waals surface area contributed by atoms with Crippen molar-refractivity contribution < 1.29 is 9.90 Å². The maximum atomic E-state index is 13.1. The Bertz CT molecular complexity index is 340. The molecule has 2 aliphatic heterocycles. The minimum absolute atomic E-state index is 0.154. The fraction of sp³-hybridized carbons (Fsp3) is 0.933. The Morgan fingerprint density at radius 2 is 2.25 bits per heavy atom. The van der Waals surface area contributed by atoms with Crippen molar-refractivity contribution in [2.75, 3.05) is 40.3 Å². The van der Waals surface area contributed by atoms with Crippen LogP contribution in [-0.4, -0.2) is 73.2 Å². The van der Waals surface area contributed by atoms with Crippen molar-refractivity contribution in [3.8, 4) is 0 Å². The first-order chi connectivity index (χ1) is 9.48. The van der Waals surface area contributed by atoms with Gasteiger partial charge in [0, 0.05) is 25.7 Å². The lowest BCUT2D eigenvalue weighted by Crippen LogP contribution is -2.49. The van der Waals surface area contributed by atoms with E-state index < -0.39 is 0 Å². The smallest absolute Gasteiger partial charge is 0.230 e. The lowest BCUT2D eigenvalue weighted by molar-refractivity contribution is -0.143. The van der Waals surface area contributed by atoms with Gasteiger partial charge in [0.25, 0.3) is 0 Å². The van der Waals surface area contributed by atoms with Gasteiger partial charge in [0.1, 0.15) is 0 Å². The number of likely N-dealkylation sites (N-methyl/N-ethyl adjacent to an activating group) is 1. The number of aliphatic hydroxyl groups is 1. The molecule has 2 fully saturated rings. The molecular formula is C15H29N3O2. The quantitative estimate of drug-likeness (QED) is 0.761. The Balaban J connectivity index is 2.12. The van der Waals surface area contributed by atoms with E-state index in [1.54, 1.807) is 0 Å². The van der Waals surface area contributed by atoms with Crippen LogP contribution in [0.15, 0.2) is 0 Å². The number of carbonyl (C=O) groups is 1. The molecular weight excluding hydrogens is 254 g/mol. The van der Waals surface area contributed by atoms with Crippen molar-refractivity contribution in [3.63, 3.8) is 0 Å². The zero-order valence-electron chi connectivity index (χ0n) is 13.1. The highest BCUT2D eigenvalue weighted by Gasteiger charge is 2.46. The number of nitrogens with one attached hydrogen (secondary N) is 1. The highest BCUT2D eigenvalue weighted by molar-refractivity contribution is 5.84. The lowest BCUT2D eigenvalue weighted by atomic mass is 9.81. The molecule has 5 nitrogen and oxygen atoms in total. The van der Waals surface area contributed by atoms with Crippen LogP contribution in [0.4, 0.5) is 0 Å². The van der Waals surface area contributed by atoms with Crippen LogP contribution >= 0.6 is 0 Å². The van der Waals surface area contributed by atoms with Gasteiger partial charge in [-0.2, -0.15) is 0 Å². The summed E-state index contributed by atoms with van der Waals surface area (Å²) in [5.41, 5.74) is -0.233. The van der Waals surface area contributed by atoms with E-state index in [4.69, 9.17) is 0 Å². The maximum Gasteiger partial charge on any atom is 0.230 e. The summed E-state index contributed by atoms with van der Waals surface area (Å²) in [4.78, 5) is 17.1. The second-order valence-corrected chi connectivity index (χ2v) is 6.72. The molecule has 0 aromatic carbocycles. The minimum atomic E-state index is -0.364. The van der Waals surface area contributed by atoms with Gasteiger partial charge in [0.05, 0.1) is 11.5 Å². The number of amides is 1. The van der Waals surface area contributed by atoms with Crippen LogP contribution in [0, 0.1) is 5.41 Å². The lowest BCUT2D eigenvalue weighted by Gasteiger charge is -2.35. The van der Waals surface area contributed by atoms with Gasteiger partial charge in [0.15, 0.2) is 0 Å². The Kier molecular flexibility index (Phi) is 5.04. The average molecular weight is 283 g/mol. The summed E-state index contributed by atoms with van der Waals surface area (Å²) in [6.07, 6.45) is 3.25. The molecule has 2 rings (SSSR count). The summed E-state index contributed by atoms with van der Waals surface area (Å²) in [6.45, 7) is 5.20. The summed E-state index contributed by atoms with van der Waals surface area (Å²) < 4.78 is 0. The van der Waals surface area contributed by atoms with Crippen LogP contribution in [0.5, 0.6) is 0 Å². The fourth-order valence-corrected chi connectivity index (χ4v) is 3.77. The van der Waals surface area contributed by atoms with E-state index in [1.165, 1.54) is 0 Å². The molecule has 3 atom stereocenters. The predicted octanol–water partition coefficient (Wildman–Crippen LogP) is 0.290. The number of hydrogen-bond donors (Lipinski definition) is 2. The number of likely N-dealkylation sites (tertiary alicyclic amines) is 1. The number of aliphatic hydroxyl groups excluding tert-OH is 1. The van der Waals surface area contributed by atoms with Gasteiger partial charge >= 0.3 is 0 Å². The van der Waals surface area contributed by atoms with Crippen LogP contribution in [0.25, 0.3) is 0 Å². The highest BCUT2D eigenvalue weighted by Crippen LogP contribution is 2.35. The van der Waals surface area contributed by atoms with Gasteiger partial charge in [-0.1, -0.05) is 13.3 Å². The van der Waals surface area contributed by atoms with Crippen LogP contribution in [0.3, 0.4) is 0 Å². The standard InChI is InChI=1S/C15H29N3O2/c1-4-5-15(6-7-16-11-15)14(20)18-10-13(19)8-12(18)9-17(2)3/h12-13,16,19H,4-11H2,1-3H3. The molecule has 116 valence electrons. The van der Waals surface area contributed by atoms with Gasteiger partial charge in [-0.25, -0.2) is 0 Å². The highest BCUT2D eigenvalue weighted by atomic mass is 16.3. The largest absolute Gasteiger partial charge is 0.391 e. The molecule has 2 aliphatic rings. The first kappa shape index (κ1) is 15.7. The summed E-state index contributed by atoms with van der Waals surface area (Å²) in [5, 5.41) is 13.3. The molecule has 3 unspecified atom stereocenters. The van der Waals surface area contributed by atoms with E-state index in [9.17, 15) is 9.90 Å². The molecule has 1 amide bonds. The molecule has 0 aromatic rings. The number of β-amino-alcohol motifs (C(OH)–C–C–N with tert-alkyl or cyclic N) is 1. The van der Waals surface area contributed by atoms with E-state index in [0.717, 1.165) is 38.9 Å². The summed E-state index contributed by atoms with van der Waals surface area (Å²) in [5.74, 6) is 0.257. The van der Waals surface area contributed by atoms with Crippen molar-refractivity contribution in [2.45, 2.75) is 44.8 Å². The third-order valence-corrected chi connectivity index (χ3v) is 4.66. The Labute approximate surface area is 122 Å². The molecule has 0 aromatic heterocycles. The zero-order chi connectivity index (χ0) is 14.8. The van der Waals surface area contributed by atoms with Crippen LogP contribution in [-0.2, 0) is 4.79 Å². The third kappa shape index (κ3) is 3.15. The molecule has 0 radical (unpaired) electrons. The number of carbonyl (C=O) groups excluding carboxylic acids is 1. The zero-order valence-corrected chi connectivity index (χ0v) is 13.1. The second kappa shape index (κ2) is 6.41. The van der Waals surface area contributed by atoms with Crippen LogP contribution in [0.2, 0.25) is 0 Å². The van der Waals surface area contributed by atoms with E-state index >= 15 is 0 Å². The second-order valence-electron chi connectivity index (χ2n) is 6.72. The molecule has 0 aliphatic carbocycles. The minimum Gasteiger partial charge on any atom is -0.391 e. The molecule has 0 bridgehead atoms. The van der Waals surface area contributed by atoms with Crippen molar-refractivity contribution in [1.29, 1.82) is 0 Å². The van der Waals surface area contributed by atoms with E-state index in [-0.39, 0.29) is 23.5 Å². The number of nitrogens with zero attached hydrogens (tertiary/aromatic N) is 2. The molecule has 0 saturated carbocycles. The van der Waals surface area contributed by atoms with Crippen LogP contribution in [0.1, 0.15) is 32.6 Å². The average Bonchev–Trinajstić information content (AvgIpc) is 2.96. The molecule has 20 heavy (non-hydrogen) atoms. The SMILES string of the molecule is CCCC1(C(=O)N2CC(O)CC2CN(C)C)CCNC1. The van der Waals surface area contributed by atoms with Crippen molar-refractivity contribution in [3.05, 3.63) is 0 Å². The normalized spacial score (nSPS) is 34.1. The Morgan fingerprint density at radius 3 is 2.80 bits per heavy atom.